The van der Waals surface area contributed by atoms with E-state index in [2.05, 4.69) is 31.3 Å². The Morgan fingerprint density at radius 2 is 1.91 bits per heavy atom. The number of nitrogens with zero attached hydrogens (tertiary/aromatic N) is 2. The molecule has 0 aliphatic heterocycles. The van der Waals surface area contributed by atoms with Crippen LogP contribution in [-0.2, 0) is 6.42 Å². The molecular formula is C18H21N3OS. The van der Waals surface area contributed by atoms with Gasteiger partial charge in [0.05, 0.1) is 5.39 Å². The number of benzene rings is 1. The Hall–Kier alpha value is -1.98. The molecule has 0 bridgehead atoms. The van der Waals surface area contributed by atoms with Gasteiger partial charge in [0.2, 0.25) is 0 Å². The predicted octanol–water partition coefficient (Wildman–Crippen LogP) is 3.69. The highest BCUT2D eigenvalue weighted by atomic mass is 32.1. The fraction of sp³-hybridized carbons (Fsp3) is 0.333. The van der Waals surface area contributed by atoms with Crippen molar-refractivity contribution in [3.05, 3.63) is 52.2 Å². The van der Waals surface area contributed by atoms with Crippen LogP contribution >= 0.6 is 11.3 Å². The first-order valence-corrected chi connectivity index (χ1v) is 8.66. The molecule has 5 heteroatoms. The lowest BCUT2D eigenvalue weighted by Gasteiger charge is -2.09. The van der Waals surface area contributed by atoms with Gasteiger partial charge < -0.3 is 10.4 Å². The number of thiophene rings is 1. The standard InChI is InChI=1S/C18H21N3OS/c1-12-13(2)23-18-16(12)17(19-9-6-10-22)20-15(21-18)11-14-7-4-3-5-8-14/h3-5,7-8,22H,6,9-11H2,1-2H3,(H,19,20,21). The monoisotopic (exact) mass is 327 g/mol. The third-order valence-corrected chi connectivity index (χ3v) is 5.01. The molecule has 0 radical (unpaired) electrons. The number of anilines is 1. The molecule has 0 fully saturated rings. The van der Waals surface area contributed by atoms with E-state index >= 15 is 0 Å². The van der Waals surface area contributed by atoms with E-state index in [1.54, 1.807) is 11.3 Å². The lowest BCUT2D eigenvalue weighted by atomic mass is 10.1. The van der Waals surface area contributed by atoms with Gasteiger partial charge in [0.1, 0.15) is 16.5 Å². The Balaban J connectivity index is 1.99. The van der Waals surface area contributed by atoms with Crippen molar-refractivity contribution in [1.29, 1.82) is 0 Å². The molecule has 0 atom stereocenters. The minimum atomic E-state index is 0.180. The number of fused-ring (bicyclic) bond motifs is 1. The van der Waals surface area contributed by atoms with Gasteiger partial charge in [-0.1, -0.05) is 30.3 Å². The van der Waals surface area contributed by atoms with Crippen LogP contribution < -0.4 is 5.32 Å². The third kappa shape index (κ3) is 3.51. The normalized spacial score (nSPS) is 11.1. The Kier molecular flexibility index (Phi) is 4.88. The molecule has 0 spiro atoms. The first-order valence-electron chi connectivity index (χ1n) is 7.84. The van der Waals surface area contributed by atoms with E-state index in [0.717, 1.165) is 28.3 Å². The van der Waals surface area contributed by atoms with Crippen molar-refractivity contribution in [3.8, 4) is 0 Å². The molecule has 23 heavy (non-hydrogen) atoms. The number of rotatable bonds is 6. The zero-order chi connectivity index (χ0) is 16.2. The van der Waals surface area contributed by atoms with E-state index in [0.29, 0.717) is 13.0 Å². The van der Waals surface area contributed by atoms with Crippen LogP contribution in [-0.4, -0.2) is 28.2 Å². The second-order valence-corrected chi connectivity index (χ2v) is 6.82. The number of aliphatic hydroxyl groups excluding tert-OH is 1. The first kappa shape index (κ1) is 15.9. The van der Waals surface area contributed by atoms with Crippen LogP contribution in [0.2, 0.25) is 0 Å². The van der Waals surface area contributed by atoms with Gasteiger partial charge in [-0.05, 0) is 31.4 Å². The maximum Gasteiger partial charge on any atom is 0.138 e. The van der Waals surface area contributed by atoms with E-state index in [1.165, 1.54) is 16.0 Å². The number of hydrogen-bond donors (Lipinski definition) is 2. The molecule has 0 aliphatic rings. The second kappa shape index (κ2) is 7.06. The van der Waals surface area contributed by atoms with Gasteiger partial charge in [-0.3, -0.25) is 0 Å². The summed E-state index contributed by atoms with van der Waals surface area (Å²) >= 11 is 1.72. The minimum absolute atomic E-state index is 0.180. The molecule has 2 N–H and O–H groups in total. The van der Waals surface area contributed by atoms with Crippen molar-refractivity contribution < 1.29 is 5.11 Å². The average Bonchev–Trinajstić information content (AvgIpc) is 2.83. The Labute approximate surface area is 140 Å². The predicted molar refractivity (Wildman–Crippen MR) is 96.3 cm³/mol. The van der Waals surface area contributed by atoms with Gasteiger partial charge in [-0.25, -0.2) is 9.97 Å². The zero-order valence-corrected chi connectivity index (χ0v) is 14.3. The molecule has 0 amide bonds. The van der Waals surface area contributed by atoms with Crippen LogP contribution in [0.25, 0.3) is 10.2 Å². The summed E-state index contributed by atoms with van der Waals surface area (Å²) in [4.78, 5) is 11.8. The Morgan fingerprint density at radius 1 is 1.13 bits per heavy atom. The van der Waals surface area contributed by atoms with Gasteiger partial charge in [-0.15, -0.1) is 11.3 Å². The molecule has 3 rings (SSSR count). The van der Waals surface area contributed by atoms with Crippen LogP contribution in [0.4, 0.5) is 5.82 Å². The molecule has 1 aromatic carbocycles. The topological polar surface area (TPSA) is 58.0 Å². The molecule has 4 nitrogen and oxygen atoms in total. The molecule has 3 aromatic rings. The van der Waals surface area contributed by atoms with Gasteiger partial charge >= 0.3 is 0 Å². The highest BCUT2D eigenvalue weighted by Crippen LogP contribution is 2.33. The molecule has 0 aliphatic carbocycles. The van der Waals surface area contributed by atoms with E-state index < -0.39 is 0 Å². The SMILES string of the molecule is Cc1sc2nc(Cc3ccccc3)nc(NCCCO)c2c1C. The summed E-state index contributed by atoms with van der Waals surface area (Å²) in [6.45, 7) is 5.13. The van der Waals surface area contributed by atoms with Crippen LogP contribution in [0.5, 0.6) is 0 Å². The van der Waals surface area contributed by atoms with Crippen LogP contribution in [0.3, 0.4) is 0 Å². The average molecular weight is 327 g/mol. The Morgan fingerprint density at radius 3 is 2.65 bits per heavy atom. The van der Waals surface area contributed by atoms with E-state index in [1.807, 2.05) is 18.2 Å². The molecule has 120 valence electrons. The van der Waals surface area contributed by atoms with Crippen molar-refractivity contribution in [1.82, 2.24) is 9.97 Å². The van der Waals surface area contributed by atoms with Crippen LogP contribution in [0.1, 0.15) is 28.2 Å². The highest BCUT2D eigenvalue weighted by molar-refractivity contribution is 7.18. The quantitative estimate of drug-likeness (QED) is 0.678. The highest BCUT2D eigenvalue weighted by Gasteiger charge is 2.14. The summed E-state index contributed by atoms with van der Waals surface area (Å²) in [6, 6.07) is 10.3. The summed E-state index contributed by atoms with van der Waals surface area (Å²) in [7, 11) is 0. The van der Waals surface area contributed by atoms with Crippen molar-refractivity contribution in [3.63, 3.8) is 0 Å². The molecule has 2 aromatic heterocycles. The lowest BCUT2D eigenvalue weighted by Crippen LogP contribution is -2.08. The minimum Gasteiger partial charge on any atom is -0.396 e. The summed E-state index contributed by atoms with van der Waals surface area (Å²) in [6.07, 6.45) is 1.43. The molecule has 0 unspecified atom stereocenters. The summed E-state index contributed by atoms with van der Waals surface area (Å²) in [5, 5.41) is 13.5. The number of aliphatic hydroxyl groups is 1. The van der Waals surface area contributed by atoms with Gasteiger partial charge in [0, 0.05) is 24.4 Å². The van der Waals surface area contributed by atoms with Crippen LogP contribution in [0, 0.1) is 13.8 Å². The number of hydrogen-bond acceptors (Lipinski definition) is 5. The van der Waals surface area contributed by atoms with Crippen molar-refractivity contribution >= 4 is 27.4 Å². The number of aryl methyl sites for hydroxylation is 2. The van der Waals surface area contributed by atoms with Gasteiger partial charge in [0.15, 0.2) is 0 Å². The molecule has 2 heterocycles. The van der Waals surface area contributed by atoms with E-state index in [4.69, 9.17) is 15.1 Å². The zero-order valence-electron chi connectivity index (χ0n) is 13.5. The van der Waals surface area contributed by atoms with Crippen molar-refractivity contribution in [2.24, 2.45) is 0 Å². The summed E-state index contributed by atoms with van der Waals surface area (Å²) in [5.41, 5.74) is 2.45. The van der Waals surface area contributed by atoms with Crippen LogP contribution in [0.15, 0.2) is 30.3 Å². The summed E-state index contributed by atoms with van der Waals surface area (Å²) < 4.78 is 0. The fourth-order valence-electron chi connectivity index (χ4n) is 2.57. The first-order chi connectivity index (χ1) is 11.2. The largest absolute Gasteiger partial charge is 0.396 e. The smallest absolute Gasteiger partial charge is 0.138 e. The summed E-state index contributed by atoms with van der Waals surface area (Å²) in [5.74, 6) is 1.72. The maximum atomic E-state index is 8.99. The van der Waals surface area contributed by atoms with Crippen molar-refractivity contribution in [2.75, 3.05) is 18.5 Å². The number of aromatic nitrogens is 2. The fourth-order valence-corrected chi connectivity index (χ4v) is 3.61. The molecular weight excluding hydrogens is 306 g/mol. The Bertz CT molecular complexity index is 799. The van der Waals surface area contributed by atoms with Gasteiger partial charge in [0.25, 0.3) is 0 Å². The maximum absolute atomic E-state index is 8.99. The second-order valence-electron chi connectivity index (χ2n) is 5.62. The molecule has 0 saturated carbocycles. The molecule has 0 saturated heterocycles. The van der Waals surface area contributed by atoms with Gasteiger partial charge in [-0.2, -0.15) is 0 Å². The lowest BCUT2D eigenvalue weighted by molar-refractivity contribution is 0.292. The van der Waals surface area contributed by atoms with E-state index in [-0.39, 0.29) is 6.61 Å². The van der Waals surface area contributed by atoms with E-state index in [9.17, 15) is 0 Å². The van der Waals surface area contributed by atoms with Crippen molar-refractivity contribution in [2.45, 2.75) is 26.7 Å². The number of nitrogens with one attached hydrogen (secondary N) is 1. The third-order valence-electron chi connectivity index (χ3n) is 3.91.